The second-order valence-corrected chi connectivity index (χ2v) is 3.82. The molecule has 0 spiro atoms. The number of hydrogen-bond donors (Lipinski definition) is 1. The van der Waals surface area contributed by atoms with Gasteiger partial charge in [-0.15, -0.1) is 6.58 Å². The zero-order valence-corrected chi connectivity index (χ0v) is 9.09. The Morgan fingerprint density at radius 1 is 1.43 bits per heavy atom. The number of hydrogen-bond acceptors (Lipinski definition) is 1. The Hall–Kier alpha value is -0.790. The molecule has 0 aliphatic carbocycles. The summed E-state index contributed by atoms with van der Waals surface area (Å²) in [6.07, 6.45) is 2.96. The molecule has 2 heteroatoms. The van der Waals surface area contributed by atoms with Crippen molar-refractivity contribution in [1.29, 1.82) is 0 Å². The SMILES string of the molecule is C=CCC(O)(CC)c1ccc(Cl)cc1. The lowest BCUT2D eigenvalue weighted by Crippen LogP contribution is -2.23. The monoisotopic (exact) mass is 210 g/mol. The van der Waals surface area contributed by atoms with E-state index in [1.807, 2.05) is 19.1 Å². The van der Waals surface area contributed by atoms with Crippen LogP contribution in [0.5, 0.6) is 0 Å². The van der Waals surface area contributed by atoms with Crippen LogP contribution in [0.4, 0.5) is 0 Å². The van der Waals surface area contributed by atoms with Crippen molar-refractivity contribution in [2.75, 3.05) is 0 Å². The Bertz CT molecular complexity index is 305. The van der Waals surface area contributed by atoms with Crippen molar-refractivity contribution in [3.8, 4) is 0 Å². The summed E-state index contributed by atoms with van der Waals surface area (Å²) in [6, 6.07) is 7.30. The lowest BCUT2D eigenvalue weighted by atomic mass is 9.88. The van der Waals surface area contributed by atoms with Crippen LogP contribution < -0.4 is 0 Å². The summed E-state index contributed by atoms with van der Waals surface area (Å²) in [5, 5.41) is 11.0. The molecule has 1 rings (SSSR count). The Morgan fingerprint density at radius 2 is 2.00 bits per heavy atom. The molecule has 0 aliphatic heterocycles. The predicted molar refractivity (Wildman–Crippen MR) is 60.5 cm³/mol. The molecular weight excluding hydrogens is 196 g/mol. The first-order valence-electron chi connectivity index (χ1n) is 4.71. The van der Waals surface area contributed by atoms with Gasteiger partial charge in [-0.2, -0.15) is 0 Å². The van der Waals surface area contributed by atoms with Gasteiger partial charge in [0, 0.05) is 5.02 Å². The third-order valence-electron chi connectivity index (χ3n) is 2.45. The molecular formula is C12H15ClO. The second-order valence-electron chi connectivity index (χ2n) is 3.38. The summed E-state index contributed by atoms with van der Waals surface area (Å²) in [7, 11) is 0. The predicted octanol–water partition coefficient (Wildman–Crippen LogP) is 3.51. The van der Waals surface area contributed by atoms with Crippen molar-refractivity contribution in [1.82, 2.24) is 0 Å². The van der Waals surface area contributed by atoms with Gasteiger partial charge in [0.15, 0.2) is 0 Å². The minimum atomic E-state index is -0.799. The van der Waals surface area contributed by atoms with E-state index in [0.717, 1.165) is 5.56 Å². The van der Waals surface area contributed by atoms with Crippen LogP contribution in [0.2, 0.25) is 5.02 Å². The van der Waals surface area contributed by atoms with E-state index < -0.39 is 5.60 Å². The first kappa shape index (κ1) is 11.3. The van der Waals surface area contributed by atoms with Crippen LogP contribution in [0, 0.1) is 0 Å². The summed E-state index contributed by atoms with van der Waals surface area (Å²) in [5.41, 5.74) is 0.0936. The molecule has 76 valence electrons. The Balaban J connectivity index is 2.99. The third-order valence-corrected chi connectivity index (χ3v) is 2.70. The van der Waals surface area contributed by atoms with Crippen LogP contribution in [0.15, 0.2) is 36.9 Å². The van der Waals surface area contributed by atoms with Crippen LogP contribution in [-0.4, -0.2) is 5.11 Å². The van der Waals surface area contributed by atoms with Gasteiger partial charge >= 0.3 is 0 Å². The van der Waals surface area contributed by atoms with Gasteiger partial charge in [0.1, 0.15) is 0 Å². The largest absolute Gasteiger partial charge is 0.385 e. The number of halogens is 1. The lowest BCUT2D eigenvalue weighted by Gasteiger charge is -2.25. The van der Waals surface area contributed by atoms with Crippen LogP contribution in [0.3, 0.4) is 0 Å². The first-order chi connectivity index (χ1) is 6.62. The lowest BCUT2D eigenvalue weighted by molar-refractivity contribution is 0.0356. The highest BCUT2D eigenvalue weighted by Crippen LogP contribution is 2.29. The van der Waals surface area contributed by atoms with Gasteiger partial charge in [0.05, 0.1) is 5.60 Å². The highest BCUT2D eigenvalue weighted by Gasteiger charge is 2.24. The molecule has 1 unspecified atom stereocenters. The Morgan fingerprint density at radius 3 is 2.43 bits per heavy atom. The molecule has 1 nitrogen and oxygen atoms in total. The standard InChI is InChI=1S/C12H15ClO/c1-3-9-12(14,4-2)10-5-7-11(13)8-6-10/h3,5-8,14H,1,4,9H2,2H3. The maximum absolute atomic E-state index is 10.3. The summed E-state index contributed by atoms with van der Waals surface area (Å²) in [4.78, 5) is 0. The third kappa shape index (κ3) is 2.37. The van der Waals surface area contributed by atoms with Crippen molar-refractivity contribution < 1.29 is 5.11 Å². The van der Waals surface area contributed by atoms with E-state index in [9.17, 15) is 5.11 Å². The highest BCUT2D eigenvalue weighted by atomic mass is 35.5. The molecule has 0 saturated heterocycles. The maximum atomic E-state index is 10.3. The fourth-order valence-electron chi connectivity index (χ4n) is 1.47. The molecule has 0 aromatic heterocycles. The maximum Gasteiger partial charge on any atom is 0.0928 e. The normalized spacial score (nSPS) is 14.8. The van der Waals surface area contributed by atoms with Crippen molar-refractivity contribution in [2.45, 2.75) is 25.4 Å². The van der Waals surface area contributed by atoms with E-state index in [0.29, 0.717) is 17.9 Å². The van der Waals surface area contributed by atoms with Gasteiger partial charge < -0.3 is 5.11 Å². The molecule has 1 aromatic carbocycles. The van der Waals surface area contributed by atoms with Gasteiger partial charge in [0.25, 0.3) is 0 Å². The van der Waals surface area contributed by atoms with Crippen LogP contribution in [0.1, 0.15) is 25.3 Å². The van der Waals surface area contributed by atoms with Crippen molar-refractivity contribution in [3.63, 3.8) is 0 Å². The minimum Gasteiger partial charge on any atom is -0.385 e. The van der Waals surface area contributed by atoms with Gasteiger partial charge in [-0.05, 0) is 30.5 Å². The molecule has 0 bridgehead atoms. The van der Waals surface area contributed by atoms with E-state index in [-0.39, 0.29) is 0 Å². The Kier molecular flexibility index (Phi) is 3.73. The van der Waals surface area contributed by atoms with Crippen LogP contribution >= 0.6 is 11.6 Å². The Labute approximate surface area is 90.0 Å². The highest BCUT2D eigenvalue weighted by molar-refractivity contribution is 6.30. The van der Waals surface area contributed by atoms with E-state index in [2.05, 4.69) is 6.58 Å². The zero-order valence-electron chi connectivity index (χ0n) is 8.33. The molecule has 0 radical (unpaired) electrons. The fraction of sp³-hybridized carbons (Fsp3) is 0.333. The summed E-state index contributed by atoms with van der Waals surface area (Å²) in [5.74, 6) is 0. The minimum absolute atomic E-state index is 0.561. The van der Waals surface area contributed by atoms with Crippen molar-refractivity contribution in [2.24, 2.45) is 0 Å². The van der Waals surface area contributed by atoms with Gasteiger partial charge in [-0.3, -0.25) is 0 Å². The number of benzene rings is 1. The van der Waals surface area contributed by atoms with Crippen molar-refractivity contribution >= 4 is 11.6 Å². The average Bonchev–Trinajstić information content (AvgIpc) is 2.19. The number of rotatable bonds is 4. The molecule has 1 N–H and O–H groups in total. The molecule has 1 atom stereocenters. The molecule has 1 aromatic rings. The summed E-state index contributed by atoms with van der Waals surface area (Å²) < 4.78 is 0. The topological polar surface area (TPSA) is 20.2 Å². The molecule has 0 fully saturated rings. The molecule has 14 heavy (non-hydrogen) atoms. The molecule has 0 heterocycles. The van der Waals surface area contributed by atoms with Crippen LogP contribution in [-0.2, 0) is 5.60 Å². The average molecular weight is 211 g/mol. The first-order valence-corrected chi connectivity index (χ1v) is 5.09. The van der Waals surface area contributed by atoms with Gasteiger partial charge in [-0.25, -0.2) is 0 Å². The summed E-state index contributed by atoms with van der Waals surface area (Å²) in [6.45, 7) is 5.61. The van der Waals surface area contributed by atoms with E-state index in [1.54, 1.807) is 18.2 Å². The molecule has 0 saturated carbocycles. The van der Waals surface area contributed by atoms with E-state index in [1.165, 1.54) is 0 Å². The number of aliphatic hydroxyl groups is 1. The van der Waals surface area contributed by atoms with Crippen molar-refractivity contribution in [3.05, 3.63) is 47.5 Å². The quantitative estimate of drug-likeness (QED) is 0.755. The van der Waals surface area contributed by atoms with Gasteiger partial charge in [-0.1, -0.05) is 36.7 Å². The molecule has 0 aliphatic rings. The van der Waals surface area contributed by atoms with Gasteiger partial charge in [0.2, 0.25) is 0 Å². The fourth-order valence-corrected chi connectivity index (χ4v) is 1.59. The van der Waals surface area contributed by atoms with E-state index >= 15 is 0 Å². The second kappa shape index (κ2) is 4.63. The van der Waals surface area contributed by atoms with E-state index in [4.69, 9.17) is 11.6 Å². The van der Waals surface area contributed by atoms with Crippen LogP contribution in [0.25, 0.3) is 0 Å². The molecule has 0 amide bonds. The smallest absolute Gasteiger partial charge is 0.0928 e. The zero-order chi connectivity index (χ0) is 10.6. The summed E-state index contributed by atoms with van der Waals surface area (Å²) >= 11 is 5.78.